The van der Waals surface area contributed by atoms with Gasteiger partial charge in [0.1, 0.15) is 5.69 Å². The van der Waals surface area contributed by atoms with Crippen LogP contribution in [0.1, 0.15) is 82.4 Å². The molecule has 1 aromatic heterocycles. The summed E-state index contributed by atoms with van der Waals surface area (Å²) in [5.41, 5.74) is 1.87. The van der Waals surface area contributed by atoms with E-state index in [1.54, 1.807) is 0 Å². The molecule has 4 aliphatic rings. The van der Waals surface area contributed by atoms with E-state index < -0.39 is 5.97 Å². The minimum Gasteiger partial charge on any atom is -0.469 e. The number of fused-ring (bicyclic) bond motifs is 5. The van der Waals surface area contributed by atoms with E-state index in [-0.39, 0.29) is 18.0 Å². The average molecular weight is 464 g/mol. The largest absolute Gasteiger partial charge is 0.469 e. The number of hydrogen-bond acceptors (Lipinski definition) is 5. The normalized spacial score (nSPS) is 33.6. The third-order valence-corrected chi connectivity index (χ3v) is 9.30. The van der Waals surface area contributed by atoms with Gasteiger partial charge in [0, 0.05) is 24.2 Å². The Morgan fingerprint density at radius 3 is 2.29 bits per heavy atom. The van der Waals surface area contributed by atoms with Gasteiger partial charge in [-0.15, -0.1) is 0 Å². The van der Waals surface area contributed by atoms with E-state index in [2.05, 4.69) is 9.88 Å². The molecule has 2 aliphatic heterocycles. The van der Waals surface area contributed by atoms with E-state index >= 15 is 0 Å². The van der Waals surface area contributed by atoms with Gasteiger partial charge in [0.15, 0.2) is 0 Å². The summed E-state index contributed by atoms with van der Waals surface area (Å²) in [4.78, 5) is 33.1. The summed E-state index contributed by atoms with van der Waals surface area (Å²) < 4.78 is 6.83. The zero-order chi connectivity index (χ0) is 23.2. The van der Waals surface area contributed by atoms with E-state index in [0.717, 1.165) is 41.8 Å². The van der Waals surface area contributed by atoms with Crippen LogP contribution < -0.4 is 5.56 Å². The predicted molar refractivity (Wildman–Crippen MR) is 132 cm³/mol. The Hall–Kier alpha value is -2.21. The molecule has 0 N–H and O–H groups in total. The van der Waals surface area contributed by atoms with Gasteiger partial charge in [-0.3, -0.25) is 14.5 Å². The third-order valence-electron chi connectivity index (χ3n) is 9.30. The molecule has 2 saturated carbocycles. The van der Waals surface area contributed by atoms with Crippen molar-refractivity contribution in [2.24, 2.45) is 11.8 Å². The minimum absolute atomic E-state index is 0.0727. The summed E-state index contributed by atoms with van der Waals surface area (Å²) in [6.07, 6.45) is 14.3. The van der Waals surface area contributed by atoms with Crippen LogP contribution >= 0.6 is 0 Å². The Morgan fingerprint density at radius 2 is 1.59 bits per heavy atom. The van der Waals surface area contributed by atoms with Gasteiger partial charge in [0.25, 0.3) is 5.56 Å². The first-order chi connectivity index (χ1) is 16.6. The molecule has 4 unspecified atom stereocenters. The molecule has 1 aromatic carbocycles. The highest BCUT2D eigenvalue weighted by Gasteiger charge is 2.45. The molecule has 3 heterocycles. The van der Waals surface area contributed by atoms with Crippen molar-refractivity contribution >= 4 is 17.0 Å². The van der Waals surface area contributed by atoms with Crippen LogP contribution in [0.2, 0.25) is 0 Å². The number of ether oxygens (including phenoxy) is 1. The number of aromatic nitrogens is 2. The first kappa shape index (κ1) is 22.3. The number of carbonyl (C=O) groups excluding carboxylic acids is 1. The molecule has 6 rings (SSSR count). The fraction of sp³-hybridized carbons (Fsp3) is 0.679. The van der Waals surface area contributed by atoms with Gasteiger partial charge in [0.05, 0.1) is 24.6 Å². The van der Waals surface area contributed by atoms with E-state index in [4.69, 9.17) is 4.74 Å². The van der Waals surface area contributed by atoms with E-state index in [0.29, 0.717) is 17.8 Å². The van der Waals surface area contributed by atoms with Crippen molar-refractivity contribution in [1.82, 2.24) is 14.5 Å². The maximum atomic E-state index is 13.6. The van der Waals surface area contributed by atoms with Crippen LogP contribution in [-0.2, 0) is 16.0 Å². The van der Waals surface area contributed by atoms with Crippen molar-refractivity contribution in [2.45, 2.75) is 101 Å². The topological polar surface area (TPSA) is 64.4 Å². The molecule has 2 aliphatic carbocycles. The number of hydrogen-bond donors (Lipinski definition) is 0. The summed E-state index contributed by atoms with van der Waals surface area (Å²) in [6.45, 7) is 0. The molecule has 6 nitrogen and oxygen atoms in total. The van der Waals surface area contributed by atoms with Crippen LogP contribution in [0.25, 0.3) is 11.0 Å². The van der Waals surface area contributed by atoms with Crippen LogP contribution in [0.5, 0.6) is 0 Å². The molecular formula is C28H37N3O3. The van der Waals surface area contributed by atoms with Crippen molar-refractivity contribution in [2.75, 3.05) is 7.11 Å². The summed E-state index contributed by atoms with van der Waals surface area (Å²) in [5, 5.41) is 0. The SMILES string of the molecule is COC(=O)Cc1nc2ccccc2n(C2CC3CCCC(C2)N3C2CC3CCCC(C3)C2)c1=O. The number of rotatable bonds is 4. The van der Waals surface area contributed by atoms with Gasteiger partial charge in [-0.05, 0) is 68.9 Å². The number of piperidine rings is 2. The highest BCUT2D eigenvalue weighted by atomic mass is 16.5. The monoisotopic (exact) mass is 463 g/mol. The first-order valence-electron chi connectivity index (χ1n) is 13.4. The molecule has 4 fully saturated rings. The van der Waals surface area contributed by atoms with Crippen molar-refractivity contribution in [1.29, 1.82) is 0 Å². The lowest BCUT2D eigenvalue weighted by Gasteiger charge is -2.55. The van der Waals surface area contributed by atoms with E-state index in [1.165, 1.54) is 64.9 Å². The Balaban J connectivity index is 1.33. The molecule has 34 heavy (non-hydrogen) atoms. The van der Waals surface area contributed by atoms with Gasteiger partial charge in [-0.2, -0.15) is 0 Å². The van der Waals surface area contributed by atoms with Gasteiger partial charge in [-0.25, -0.2) is 4.98 Å². The van der Waals surface area contributed by atoms with Crippen LogP contribution in [-0.4, -0.2) is 45.7 Å². The van der Waals surface area contributed by atoms with Crippen LogP contribution in [0, 0.1) is 11.8 Å². The summed E-state index contributed by atoms with van der Waals surface area (Å²) >= 11 is 0. The smallest absolute Gasteiger partial charge is 0.311 e. The summed E-state index contributed by atoms with van der Waals surface area (Å²) in [7, 11) is 1.36. The van der Waals surface area contributed by atoms with E-state index in [1.807, 2.05) is 28.8 Å². The number of methoxy groups -OCH3 is 1. The average Bonchev–Trinajstić information content (AvgIpc) is 2.83. The lowest BCUT2D eigenvalue weighted by molar-refractivity contribution is -0.139. The third kappa shape index (κ3) is 3.98. The summed E-state index contributed by atoms with van der Waals surface area (Å²) in [6, 6.07) is 9.90. The van der Waals surface area contributed by atoms with Gasteiger partial charge in [0.2, 0.25) is 0 Å². The minimum atomic E-state index is -0.416. The highest BCUT2D eigenvalue weighted by molar-refractivity contribution is 5.77. The number of para-hydroxylation sites is 2. The fourth-order valence-electron chi connectivity index (χ4n) is 8.03. The van der Waals surface area contributed by atoms with Crippen molar-refractivity contribution in [3.05, 3.63) is 40.3 Å². The standard InChI is InChI=1S/C28H37N3O3/c1-34-27(32)17-25-28(33)31(26-11-3-2-10-24(26)29-25)23-15-20-8-5-9-21(16-23)30(20)22-13-18-6-4-7-19(12-18)14-22/h2-3,10-11,18-23H,4-9,12-17H2,1H3. The van der Waals surface area contributed by atoms with Crippen LogP contribution in [0.4, 0.5) is 0 Å². The highest BCUT2D eigenvalue weighted by Crippen LogP contribution is 2.47. The van der Waals surface area contributed by atoms with Gasteiger partial charge >= 0.3 is 5.97 Å². The lowest BCUT2D eigenvalue weighted by atomic mass is 9.68. The van der Waals surface area contributed by atoms with Crippen molar-refractivity contribution < 1.29 is 9.53 Å². The second-order valence-corrected chi connectivity index (χ2v) is 11.3. The second-order valence-electron chi connectivity index (χ2n) is 11.3. The maximum absolute atomic E-state index is 13.6. The Labute approximate surface area is 201 Å². The predicted octanol–water partition coefficient (Wildman–Crippen LogP) is 4.64. The van der Waals surface area contributed by atoms with Crippen LogP contribution in [0.15, 0.2) is 29.1 Å². The summed E-state index contributed by atoms with van der Waals surface area (Å²) in [5.74, 6) is 1.45. The molecule has 0 spiro atoms. The molecule has 6 heteroatoms. The zero-order valence-electron chi connectivity index (χ0n) is 20.3. The first-order valence-corrected chi connectivity index (χ1v) is 13.4. The van der Waals surface area contributed by atoms with Gasteiger partial charge in [-0.1, -0.05) is 37.8 Å². The lowest BCUT2D eigenvalue weighted by Crippen LogP contribution is -2.58. The van der Waals surface area contributed by atoms with Crippen molar-refractivity contribution in [3.63, 3.8) is 0 Å². The number of carbonyl (C=O) groups is 1. The van der Waals surface area contributed by atoms with Crippen molar-refractivity contribution in [3.8, 4) is 0 Å². The molecule has 4 bridgehead atoms. The molecule has 4 atom stereocenters. The molecule has 182 valence electrons. The quantitative estimate of drug-likeness (QED) is 0.618. The molecule has 0 radical (unpaired) electrons. The Morgan fingerprint density at radius 1 is 0.912 bits per heavy atom. The molecule has 0 amide bonds. The van der Waals surface area contributed by atoms with Gasteiger partial charge < -0.3 is 9.30 Å². The number of benzene rings is 1. The molecule has 2 aromatic rings. The zero-order valence-corrected chi connectivity index (χ0v) is 20.3. The Kier molecular flexibility index (Phi) is 5.96. The fourth-order valence-corrected chi connectivity index (χ4v) is 8.03. The van der Waals surface area contributed by atoms with E-state index in [9.17, 15) is 9.59 Å². The molecule has 2 saturated heterocycles. The number of nitrogens with zero attached hydrogens (tertiary/aromatic N) is 3. The Bertz CT molecular complexity index is 1100. The molecular weight excluding hydrogens is 426 g/mol. The maximum Gasteiger partial charge on any atom is 0.311 e. The van der Waals surface area contributed by atoms with Crippen LogP contribution in [0.3, 0.4) is 0 Å². The number of esters is 1. The second kappa shape index (κ2) is 9.10.